The Labute approximate surface area is 148 Å². The van der Waals surface area contributed by atoms with Gasteiger partial charge in [-0.05, 0) is 0 Å². The summed E-state index contributed by atoms with van der Waals surface area (Å²) in [7, 11) is -4.64. The number of nitrogens with two attached hydrogens (primary N) is 1. The van der Waals surface area contributed by atoms with Crippen molar-refractivity contribution in [1.82, 2.24) is 9.97 Å². The number of aromatic nitrogens is 2. The maximum atomic E-state index is 11.5. The fraction of sp³-hybridized carbons (Fsp3) is 0.500. The number of nitrogens with one attached hydrogen (secondary N) is 2. The third-order valence-electron chi connectivity index (χ3n) is 2.15. The second kappa shape index (κ2) is 9.45. The van der Waals surface area contributed by atoms with Crippen molar-refractivity contribution >= 4 is 25.3 Å². The summed E-state index contributed by atoms with van der Waals surface area (Å²) in [5.74, 6) is 0.541. The van der Waals surface area contributed by atoms with Crippen molar-refractivity contribution in [2.24, 2.45) is 0 Å². The van der Waals surface area contributed by atoms with Crippen molar-refractivity contribution in [3.63, 3.8) is 0 Å². The van der Waals surface area contributed by atoms with Crippen molar-refractivity contribution in [1.29, 1.82) is 0 Å². The summed E-state index contributed by atoms with van der Waals surface area (Å²) in [6.07, 6.45) is 0. The second-order valence-corrected chi connectivity index (χ2v) is 4.83. The quantitative estimate of drug-likeness (QED) is 0.156. The Bertz CT molecular complexity index is 576. The Balaban J connectivity index is 0. The Kier molecular flexibility index (Phi) is 9.15. The van der Waals surface area contributed by atoms with E-state index in [4.69, 9.17) is 34.8 Å². The summed E-state index contributed by atoms with van der Waals surface area (Å²) in [5.41, 5.74) is 5.54. The topological polar surface area (TPSA) is 194 Å². The van der Waals surface area contributed by atoms with Crippen LogP contribution in [0.3, 0.4) is 0 Å². The maximum Gasteiger partial charge on any atom is 1.00 e. The van der Waals surface area contributed by atoms with E-state index in [0.717, 1.165) is 0 Å². The average Bonchev–Trinajstić information content (AvgIpc) is 2.71. The standard InChI is InChI=1S/C8H13N5O3.Na.H3O4P.H/c9-8-11-6-5(7(15)12-8)10-3-13(6)4-16-2-1-14;;1-5(2,3)4;/h10,14H,1-4H2,(H3,9,11,12,15);;(H3,1,2,3,4);/q;+1;;-1. The number of hydrogen-bond donors (Lipinski definition) is 7. The van der Waals surface area contributed by atoms with E-state index in [9.17, 15) is 4.79 Å². The second-order valence-electron chi connectivity index (χ2n) is 3.80. The molecule has 1 aliphatic rings. The molecule has 0 aliphatic carbocycles. The van der Waals surface area contributed by atoms with E-state index in [1.807, 2.05) is 0 Å². The fourth-order valence-corrected chi connectivity index (χ4v) is 1.46. The molecule has 12 nitrogen and oxygen atoms in total. The monoisotopic (exact) mass is 349 g/mol. The molecule has 0 radical (unpaired) electrons. The molecule has 22 heavy (non-hydrogen) atoms. The normalized spacial score (nSPS) is 12.6. The van der Waals surface area contributed by atoms with Crippen molar-refractivity contribution in [2.75, 3.05) is 42.6 Å². The molecule has 0 aromatic carbocycles. The predicted octanol–water partition coefficient (Wildman–Crippen LogP) is -5.30. The van der Waals surface area contributed by atoms with Crippen LogP contribution in [0.5, 0.6) is 0 Å². The van der Waals surface area contributed by atoms with Crippen molar-refractivity contribution in [3.05, 3.63) is 10.4 Å². The van der Waals surface area contributed by atoms with Crippen LogP contribution in [0.1, 0.15) is 1.43 Å². The molecule has 2 heterocycles. The van der Waals surface area contributed by atoms with Gasteiger partial charge in [0, 0.05) is 0 Å². The van der Waals surface area contributed by atoms with Crippen LogP contribution in [-0.4, -0.2) is 56.4 Å². The molecule has 0 saturated heterocycles. The number of hydrogen-bond acceptors (Lipinski definition) is 8. The summed E-state index contributed by atoms with van der Waals surface area (Å²) in [5, 5.41) is 11.5. The van der Waals surface area contributed by atoms with E-state index in [1.165, 1.54) is 0 Å². The molecule has 8 N–H and O–H groups in total. The molecule has 0 saturated carbocycles. The third-order valence-corrected chi connectivity index (χ3v) is 2.15. The SMILES string of the molecule is Nc1nc2c(c(=O)[nH]1)NCN2COCCO.O=P(O)(O)O.[H-].[Na+]. The van der Waals surface area contributed by atoms with Crippen LogP contribution in [0.4, 0.5) is 17.5 Å². The van der Waals surface area contributed by atoms with Crippen LogP contribution in [0.2, 0.25) is 0 Å². The molecular weight excluding hydrogens is 332 g/mol. The van der Waals surface area contributed by atoms with Crippen LogP contribution in [-0.2, 0) is 9.30 Å². The molecule has 14 heteroatoms. The summed E-state index contributed by atoms with van der Waals surface area (Å²) < 4.78 is 14.0. The van der Waals surface area contributed by atoms with Gasteiger partial charge in [-0.15, -0.1) is 0 Å². The number of rotatable bonds is 4. The zero-order valence-electron chi connectivity index (χ0n) is 12.8. The molecule has 2 rings (SSSR count). The van der Waals surface area contributed by atoms with E-state index in [-0.39, 0.29) is 62.4 Å². The van der Waals surface area contributed by atoms with Crippen molar-refractivity contribution in [2.45, 2.75) is 0 Å². The van der Waals surface area contributed by atoms with Gasteiger partial charge in [0.25, 0.3) is 5.56 Å². The molecule has 1 aromatic heterocycles. The molecule has 122 valence electrons. The first-order valence-corrected chi connectivity index (χ1v) is 7.14. The van der Waals surface area contributed by atoms with Gasteiger partial charge >= 0.3 is 37.4 Å². The molecule has 0 fully saturated rings. The molecule has 0 spiro atoms. The van der Waals surface area contributed by atoms with Gasteiger partial charge in [-0.3, -0.25) is 9.78 Å². The van der Waals surface area contributed by atoms with Gasteiger partial charge < -0.3 is 41.9 Å². The minimum Gasteiger partial charge on any atom is -1.00 e. The Morgan fingerprint density at radius 1 is 1.45 bits per heavy atom. The number of aliphatic hydroxyl groups is 1. The summed E-state index contributed by atoms with van der Waals surface area (Å²) >= 11 is 0. The van der Waals surface area contributed by atoms with E-state index in [2.05, 4.69) is 15.3 Å². The van der Waals surface area contributed by atoms with Gasteiger partial charge in [-0.2, -0.15) is 4.98 Å². The van der Waals surface area contributed by atoms with E-state index in [0.29, 0.717) is 18.2 Å². The number of anilines is 3. The molecular formula is C8H17N5NaO7P. The number of nitrogen functional groups attached to an aromatic ring is 1. The van der Waals surface area contributed by atoms with Crippen molar-refractivity contribution in [3.8, 4) is 0 Å². The predicted molar refractivity (Wildman–Crippen MR) is 73.5 cm³/mol. The smallest absolute Gasteiger partial charge is 1.00 e. The first-order chi connectivity index (χ1) is 9.72. The minimum atomic E-state index is -4.64. The van der Waals surface area contributed by atoms with E-state index >= 15 is 0 Å². The summed E-state index contributed by atoms with van der Waals surface area (Å²) in [4.78, 5) is 41.2. The molecule has 0 unspecified atom stereocenters. The first kappa shape index (κ1) is 21.3. The van der Waals surface area contributed by atoms with Crippen LogP contribution < -0.4 is 51.1 Å². The number of H-pyrrole nitrogens is 1. The van der Waals surface area contributed by atoms with Gasteiger partial charge in [0.1, 0.15) is 12.4 Å². The van der Waals surface area contributed by atoms with Crippen LogP contribution in [0.25, 0.3) is 0 Å². The Hall–Kier alpha value is -0.690. The van der Waals surface area contributed by atoms with Crippen LogP contribution in [0, 0.1) is 0 Å². The molecule has 1 aliphatic heterocycles. The molecule has 0 atom stereocenters. The van der Waals surface area contributed by atoms with Gasteiger partial charge in [0.2, 0.25) is 5.95 Å². The minimum absolute atomic E-state index is 0. The number of nitrogens with zero attached hydrogens (tertiary/aromatic N) is 2. The first-order valence-electron chi connectivity index (χ1n) is 5.58. The third kappa shape index (κ3) is 7.54. The van der Waals surface area contributed by atoms with Crippen LogP contribution >= 0.6 is 7.82 Å². The fourth-order valence-electron chi connectivity index (χ4n) is 1.46. The number of aromatic amines is 1. The Morgan fingerprint density at radius 2 is 2.05 bits per heavy atom. The van der Waals surface area contributed by atoms with Gasteiger partial charge in [0.15, 0.2) is 5.82 Å². The average molecular weight is 349 g/mol. The number of ether oxygens (including phenoxy) is 1. The zero-order valence-corrected chi connectivity index (χ0v) is 14.7. The molecule has 1 aromatic rings. The number of aliphatic hydroxyl groups excluding tert-OH is 1. The van der Waals surface area contributed by atoms with Crippen molar-refractivity contribution < 1.29 is 60.1 Å². The van der Waals surface area contributed by atoms with E-state index in [1.54, 1.807) is 4.90 Å². The largest absolute Gasteiger partial charge is 1.00 e. The maximum absolute atomic E-state index is 11.5. The van der Waals surface area contributed by atoms with E-state index < -0.39 is 7.82 Å². The van der Waals surface area contributed by atoms with Crippen LogP contribution in [0.15, 0.2) is 4.79 Å². The van der Waals surface area contributed by atoms with Gasteiger partial charge in [0.05, 0.1) is 19.9 Å². The zero-order chi connectivity index (χ0) is 16.0. The summed E-state index contributed by atoms with van der Waals surface area (Å²) in [6.45, 7) is 0.875. The summed E-state index contributed by atoms with van der Waals surface area (Å²) in [6, 6.07) is 0. The van der Waals surface area contributed by atoms with Gasteiger partial charge in [-0.25, -0.2) is 4.57 Å². The number of fused-ring (bicyclic) bond motifs is 1. The molecule has 0 amide bonds. The van der Waals surface area contributed by atoms with Gasteiger partial charge in [-0.1, -0.05) is 0 Å². The molecule has 0 bridgehead atoms. The Morgan fingerprint density at radius 3 is 2.59 bits per heavy atom. The number of phosphoric acid groups is 1.